The van der Waals surface area contributed by atoms with Crippen LogP contribution < -0.4 is 5.32 Å². The van der Waals surface area contributed by atoms with Crippen LogP contribution in [0, 0.1) is 13.8 Å². The maximum absolute atomic E-state index is 13.1. The number of amides is 4. The molecule has 3 fully saturated rings. The Labute approximate surface area is 195 Å². The van der Waals surface area contributed by atoms with Crippen molar-refractivity contribution in [3.63, 3.8) is 0 Å². The van der Waals surface area contributed by atoms with E-state index in [9.17, 15) is 22.8 Å². The summed E-state index contributed by atoms with van der Waals surface area (Å²) in [6.45, 7) is 4.17. The molecule has 0 bridgehead atoms. The van der Waals surface area contributed by atoms with Crippen LogP contribution in [0.25, 0.3) is 0 Å². The van der Waals surface area contributed by atoms with Gasteiger partial charge in [-0.15, -0.1) is 0 Å². The first-order valence-electron chi connectivity index (χ1n) is 11.6. The normalized spacial score (nSPS) is 21.9. The smallest absolute Gasteiger partial charge is 0.325 e. The zero-order valence-corrected chi connectivity index (χ0v) is 20.1. The van der Waals surface area contributed by atoms with E-state index in [2.05, 4.69) is 5.32 Å². The molecule has 1 saturated carbocycles. The molecule has 180 valence electrons. The van der Waals surface area contributed by atoms with Crippen LogP contribution in [-0.2, 0) is 19.6 Å². The van der Waals surface area contributed by atoms with Gasteiger partial charge >= 0.3 is 6.03 Å². The van der Waals surface area contributed by atoms with Gasteiger partial charge in [-0.3, -0.25) is 14.5 Å². The van der Waals surface area contributed by atoms with E-state index in [0.29, 0.717) is 18.4 Å². The van der Waals surface area contributed by atoms with E-state index in [0.717, 1.165) is 36.1 Å². The third kappa shape index (κ3) is 4.50. The Hall–Kier alpha value is -2.46. The summed E-state index contributed by atoms with van der Waals surface area (Å²) in [6.07, 6.45) is 5.06. The number of urea groups is 1. The molecule has 10 heteroatoms. The van der Waals surface area contributed by atoms with E-state index in [-0.39, 0.29) is 49.4 Å². The van der Waals surface area contributed by atoms with Crippen LogP contribution in [0.5, 0.6) is 0 Å². The Morgan fingerprint density at radius 1 is 1.00 bits per heavy atom. The lowest BCUT2D eigenvalue weighted by Gasteiger charge is -2.34. The number of carbonyl (C=O) groups is 3. The number of piperazine rings is 1. The molecule has 1 aromatic carbocycles. The topological polar surface area (TPSA) is 107 Å². The van der Waals surface area contributed by atoms with Gasteiger partial charge in [0.15, 0.2) is 0 Å². The van der Waals surface area contributed by atoms with E-state index in [1.54, 1.807) is 19.1 Å². The molecular weight excluding hydrogens is 444 g/mol. The molecule has 1 aliphatic carbocycles. The predicted molar refractivity (Wildman–Crippen MR) is 122 cm³/mol. The average molecular weight is 477 g/mol. The maximum atomic E-state index is 13.1. The second-order valence-electron chi connectivity index (χ2n) is 9.37. The van der Waals surface area contributed by atoms with Gasteiger partial charge < -0.3 is 10.2 Å². The van der Waals surface area contributed by atoms with Gasteiger partial charge in [0, 0.05) is 26.2 Å². The van der Waals surface area contributed by atoms with Crippen molar-refractivity contribution in [1.82, 2.24) is 19.4 Å². The standard InChI is InChI=1S/C23H32N4O5S/c1-17-7-8-19(18(2)15-17)33(31,32)26-13-11-25(12-14-26)20(28)16-27-21(29)23(24-22(27)30)9-5-3-4-6-10-23/h7-8,15H,3-6,9-14,16H2,1-2H3,(H,24,30). The molecule has 3 aliphatic rings. The fraction of sp³-hybridized carbons (Fsp3) is 0.609. The van der Waals surface area contributed by atoms with Crippen molar-refractivity contribution in [3.8, 4) is 0 Å². The number of nitrogens with zero attached hydrogens (tertiary/aromatic N) is 3. The average Bonchev–Trinajstić information content (AvgIpc) is 2.92. The summed E-state index contributed by atoms with van der Waals surface area (Å²) in [5.41, 5.74) is 0.819. The van der Waals surface area contributed by atoms with Gasteiger partial charge in [0.1, 0.15) is 12.1 Å². The molecule has 1 N–H and O–H groups in total. The molecule has 9 nitrogen and oxygen atoms in total. The van der Waals surface area contributed by atoms with E-state index in [4.69, 9.17) is 0 Å². The van der Waals surface area contributed by atoms with Crippen LogP contribution in [0.2, 0.25) is 0 Å². The molecule has 33 heavy (non-hydrogen) atoms. The Balaban J connectivity index is 1.38. The van der Waals surface area contributed by atoms with E-state index >= 15 is 0 Å². The van der Waals surface area contributed by atoms with Crippen molar-refractivity contribution in [2.24, 2.45) is 0 Å². The van der Waals surface area contributed by atoms with Crippen LogP contribution >= 0.6 is 0 Å². The summed E-state index contributed by atoms with van der Waals surface area (Å²) in [6, 6.07) is 4.73. The number of imide groups is 1. The number of benzene rings is 1. The Morgan fingerprint density at radius 3 is 2.24 bits per heavy atom. The zero-order valence-electron chi connectivity index (χ0n) is 19.3. The van der Waals surface area contributed by atoms with Gasteiger partial charge in [0.05, 0.1) is 4.90 Å². The summed E-state index contributed by atoms with van der Waals surface area (Å²) in [4.78, 5) is 41.3. The van der Waals surface area contributed by atoms with Gasteiger partial charge in [0.25, 0.3) is 5.91 Å². The largest absolute Gasteiger partial charge is 0.338 e. The minimum absolute atomic E-state index is 0.172. The summed E-state index contributed by atoms with van der Waals surface area (Å²) < 4.78 is 27.5. The van der Waals surface area contributed by atoms with Gasteiger partial charge in [-0.05, 0) is 38.3 Å². The fourth-order valence-electron chi connectivity index (χ4n) is 5.13. The highest BCUT2D eigenvalue weighted by molar-refractivity contribution is 7.89. The predicted octanol–water partition coefficient (Wildman–Crippen LogP) is 1.78. The summed E-state index contributed by atoms with van der Waals surface area (Å²) in [7, 11) is -3.65. The summed E-state index contributed by atoms with van der Waals surface area (Å²) in [5, 5.41) is 2.85. The number of hydrogen-bond donors (Lipinski definition) is 1. The minimum atomic E-state index is -3.65. The Morgan fingerprint density at radius 2 is 1.64 bits per heavy atom. The molecule has 1 spiro atoms. The van der Waals surface area contributed by atoms with Crippen molar-refractivity contribution < 1.29 is 22.8 Å². The van der Waals surface area contributed by atoms with Crippen LogP contribution in [0.3, 0.4) is 0 Å². The van der Waals surface area contributed by atoms with Crippen LogP contribution in [0.1, 0.15) is 49.7 Å². The van der Waals surface area contributed by atoms with Crippen LogP contribution in [0.15, 0.2) is 23.1 Å². The second kappa shape index (κ2) is 9.06. The number of nitrogens with one attached hydrogen (secondary N) is 1. The lowest BCUT2D eigenvalue weighted by molar-refractivity contribution is -0.139. The molecule has 0 atom stereocenters. The summed E-state index contributed by atoms with van der Waals surface area (Å²) >= 11 is 0. The molecule has 0 radical (unpaired) electrons. The highest BCUT2D eigenvalue weighted by Crippen LogP contribution is 2.32. The minimum Gasteiger partial charge on any atom is -0.338 e. The van der Waals surface area contributed by atoms with Gasteiger partial charge in [-0.25, -0.2) is 13.2 Å². The highest BCUT2D eigenvalue weighted by atomic mass is 32.2. The number of carbonyl (C=O) groups excluding carboxylic acids is 3. The molecule has 2 aliphatic heterocycles. The SMILES string of the molecule is Cc1ccc(S(=O)(=O)N2CCN(C(=O)CN3C(=O)NC4(CCCCCC4)C3=O)CC2)c(C)c1. The molecule has 2 saturated heterocycles. The van der Waals surface area contributed by atoms with E-state index < -0.39 is 21.6 Å². The van der Waals surface area contributed by atoms with Crippen molar-refractivity contribution in [2.45, 2.75) is 62.8 Å². The highest BCUT2D eigenvalue weighted by Gasteiger charge is 2.51. The fourth-order valence-corrected chi connectivity index (χ4v) is 6.76. The van der Waals surface area contributed by atoms with Crippen molar-refractivity contribution in [2.75, 3.05) is 32.7 Å². The number of sulfonamides is 1. The molecule has 4 rings (SSSR count). The first-order valence-corrected chi connectivity index (χ1v) is 13.1. The second-order valence-corrected chi connectivity index (χ2v) is 11.3. The molecule has 2 heterocycles. The molecule has 0 unspecified atom stereocenters. The lowest BCUT2D eigenvalue weighted by Crippen LogP contribution is -2.53. The summed E-state index contributed by atoms with van der Waals surface area (Å²) in [5.74, 6) is -0.647. The number of rotatable bonds is 4. The van der Waals surface area contributed by atoms with Gasteiger partial charge in [-0.2, -0.15) is 4.31 Å². The quantitative estimate of drug-likeness (QED) is 0.667. The third-order valence-corrected chi connectivity index (χ3v) is 9.09. The first kappa shape index (κ1) is 23.7. The Bertz CT molecular complexity index is 1050. The van der Waals surface area contributed by atoms with Crippen LogP contribution in [-0.4, -0.2) is 78.6 Å². The van der Waals surface area contributed by atoms with E-state index in [1.165, 1.54) is 9.21 Å². The maximum Gasteiger partial charge on any atom is 0.325 e. The van der Waals surface area contributed by atoms with E-state index in [1.807, 2.05) is 13.0 Å². The van der Waals surface area contributed by atoms with Gasteiger partial charge in [-0.1, -0.05) is 43.4 Å². The van der Waals surface area contributed by atoms with Gasteiger partial charge in [0.2, 0.25) is 15.9 Å². The number of hydrogen-bond acceptors (Lipinski definition) is 5. The monoisotopic (exact) mass is 476 g/mol. The van der Waals surface area contributed by atoms with Crippen LogP contribution in [0.4, 0.5) is 4.79 Å². The van der Waals surface area contributed by atoms with Crippen molar-refractivity contribution in [1.29, 1.82) is 0 Å². The third-order valence-electron chi connectivity index (χ3n) is 7.04. The molecular formula is C23H32N4O5S. The zero-order chi connectivity index (χ0) is 23.8. The van der Waals surface area contributed by atoms with Crippen molar-refractivity contribution in [3.05, 3.63) is 29.3 Å². The molecule has 1 aromatic rings. The lowest BCUT2D eigenvalue weighted by atomic mass is 9.90. The molecule has 0 aromatic heterocycles. The Kier molecular flexibility index (Phi) is 6.50. The number of aryl methyl sites for hydroxylation is 2. The van der Waals surface area contributed by atoms with Crippen molar-refractivity contribution >= 4 is 27.9 Å². The molecule has 4 amide bonds. The first-order chi connectivity index (χ1) is 15.6.